The predicted molar refractivity (Wildman–Crippen MR) is 48.9 cm³/mol. The van der Waals surface area contributed by atoms with Crippen molar-refractivity contribution in [2.45, 2.75) is 6.23 Å². The predicted octanol–water partition coefficient (Wildman–Crippen LogP) is 1.000. The third kappa shape index (κ3) is 2.76. The lowest BCUT2D eigenvalue weighted by atomic mass is 10.2. The molecule has 0 aliphatic carbocycles. The van der Waals surface area contributed by atoms with Gasteiger partial charge in [-0.05, 0) is 0 Å². The fourth-order valence-electron chi connectivity index (χ4n) is 1.04. The first kappa shape index (κ1) is 9.54. The number of hydrogen-bond donors (Lipinski definition) is 2. The summed E-state index contributed by atoms with van der Waals surface area (Å²) in [6.45, 7) is 0. The molecular formula is C9H12N2O2. The van der Waals surface area contributed by atoms with Crippen molar-refractivity contribution in [3.8, 4) is 0 Å². The summed E-state index contributed by atoms with van der Waals surface area (Å²) in [4.78, 5) is 10.6. The number of benzene rings is 1. The summed E-state index contributed by atoms with van der Waals surface area (Å²) < 4.78 is 5.04. The van der Waals surface area contributed by atoms with Gasteiger partial charge in [-0.25, -0.2) is 4.79 Å². The van der Waals surface area contributed by atoms with Gasteiger partial charge in [-0.1, -0.05) is 30.3 Å². The molecule has 1 rings (SSSR count). The Morgan fingerprint density at radius 3 is 2.54 bits per heavy atom. The van der Waals surface area contributed by atoms with Gasteiger partial charge in [0.1, 0.15) is 0 Å². The lowest BCUT2D eigenvalue weighted by Gasteiger charge is -2.15. The topological polar surface area (TPSA) is 64.3 Å². The minimum Gasteiger partial charge on any atom is -0.357 e. The van der Waals surface area contributed by atoms with Crippen molar-refractivity contribution in [2.75, 3.05) is 7.11 Å². The molecule has 0 radical (unpaired) electrons. The molecule has 0 bridgehead atoms. The van der Waals surface area contributed by atoms with E-state index in [2.05, 4.69) is 5.32 Å². The molecule has 0 aliphatic heterocycles. The van der Waals surface area contributed by atoms with Crippen LogP contribution in [-0.4, -0.2) is 13.1 Å². The molecule has 1 aromatic rings. The summed E-state index contributed by atoms with van der Waals surface area (Å²) in [5.74, 6) is 0. The van der Waals surface area contributed by atoms with Gasteiger partial charge in [-0.15, -0.1) is 0 Å². The summed E-state index contributed by atoms with van der Waals surface area (Å²) in [7, 11) is 1.51. The monoisotopic (exact) mass is 180 g/mol. The average molecular weight is 180 g/mol. The van der Waals surface area contributed by atoms with E-state index in [9.17, 15) is 4.79 Å². The Labute approximate surface area is 76.7 Å². The Hall–Kier alpha value is -1.55. The summed E-state index contributed by atoms with van der Waals surface area (Å²) >= 11 is 0. The van der Waals surface area contributed by atoms with E-state index < -0.39 is 12.3 Å². The molecule has 0 spiro atoms. The highest BCUT2D eigenvalue weighted by atomic mass is 16.5. The van der Waals surface area contributed by atoms with Crippen LogP contribution >= 0.6 is 0 Å². The highest BCUT2D eigenvalue weighted by Gasteiger charge is 2.09. The molecular weight excluding hydrogens is 168 g/mol. The van der Waals surface area contributed by atoms with Gasteiger partial charge in [-0.3, -0.25) is 0 Å². The van der Waals surface area contributed by atoms with E-state index in [0.29, 0.717) is 0 Å². The molecule has 0 saturated carbocycles. The number of methoxy groups -OCH3 is 1. The van der Waals surface area contributed by atoms with E-state index in [1.165, 1.54) is 7.11 Å². The van der Waals surface area contributed by atoms with Crippen LogP contribution in [0.5, 0.6) is 0 Å². The number of ether oxygens (including phenoxy) is 1. The first-order valence-corrected chi connectivity index (χ1v) is 3.87. The minimum atomic E-state index is -0.601. The van der Waals surface area contributed by atoms with Crippen LogP contribution in [0, 0.1) is 0 Å². The fraction of sp³-hybridized carbons (Fsp3) is 0.222. The number of hydrogen-bond acceptors (Lipinski definition) is 2. The van der Waals surface area contributed by atoms with Gasteiger partial charge in [0.2, 0.25) is 0 Å². The lowest BCUT2D eigenvalue weighted by Crippen LogP contribution is -2.34. The zero-order chi connectivity index (χ0) is 9.68. The standard InChI is InChI=1S/C9H12N2O2/c1-13-8(11-9(10)12)7-5-3-2-4-6-7/h2-6,8H,1H3,(H3,10,11,12). The molecule has 13 heavy (non-hydrogen) atoms. The molecule has 0 fully saturated rings. The molecule has 70 valence electrons. The van der Waals surface area contributed by atoms with Crippen molar-refractivity contribution in [1.82, 2.24) is 5.32 Å². The maximum absolute atomic E-state index is 10.6. The molecule has 4 nitrogen and oxygen atoms in total. The Bertz CT molecular complexity index is 274. The van der Waals surface area contributed by atoms with Gasteiger partial charge in [0.05, 0.1) is 0 Å². The number of rotatable bonds is 3. The molecule has 1 atom stereocenters. The van der Waals surface area contributed by atoms with Gasteiger partial charge in [-0.2, -0.15) is 0 Å². The molecule has 0 aromatic heterocycles. The third-order valence-electron chi connectivity index (χ3n) is 1.61. The largest absolute Gasteiger partial charge is 0.357 e. The molecule has 2 amide bonds. The van der Waals surface area contributed by atoms with Crippen molar-refractivity contribution in [3.05, 3.63) is 35.9 Å². The van der Waals surface area contributed by atoms with E-state index in [1.807, 2.05) is 30.3 Å². The van der Waals surface area contributed by atoms with Gasteiger partial charge in [0, 0.05) is 12.7 Å². The molecule has 3 N–H and O–H groups in total. The van der Waals surface area contributed by atoms with Gasteiger partial charge >= 0.3 is 6.03 Å². The first-order chi connectivity index (χ1) is 6.24. The fourth-order valence-corrected chi connectivity index (χ4v) is 1.04. The smallest absolute Gasteiger partial charge is 0.314 e. The van der Waals surface area contributed by atoms with Crippen LogP contribution in [0.2, 0.25) is 0 Å². The molecule has 0 aliphatic rings. The molecule has 4 heteroatoms. The second kappa shape index (κ2) is 4.47. The second-order valence-corrected chi connectivity index (χ2v) is 2.54. The Morgan fingerprint density at radius 1 is 1.46 bits per heavy atom. The Kier molecular flexibility index (Phi) is 3.28. The van der Waals surface area contributed by atoms with Crippen LogP contribution in [-0.2, 0) is 4.74 Å². The normalized spacial score (nSPS) is 12.1. The maximum Gasteiger partial charge on any atom is 0.314 e. The minimum absolute atomic E-state index is 0.473. The number of carbonyl (C=O) groups excluding carboxylic acids is 1. The van der Waals surface area contributed by atoms with Gasteiger partial charge in [0.25, 0.3) is 0 Å². The van der Waals surface area contributed by atoms with Crippen molar-refractivity contribution < 1.29 is 9.53 Å². The van der Waals surface area contributed by atoms with Crippen LogP contribution in [0.3, 0.4) is 0 Å². The number of nitrogens with two attached hydrogens (primary N) is 1. The van der Waals surface area contributed by atoms with Crippen molar-refractivity contribution in [1.29, 1.82) is 0 Å². The number of primary amides is 1. The molecule has 0 heterocycles. The summed E-state index contributed by atoms with van der Waals surface area (Å²) in [5.41, 5.74) is 5.84. The van der Waals surface area contributed by atoms with Crippen LogP contribution < -0.4 is 11.1 Å². The SMILES string of the molecule is COC(NC(N)=O)c1ccccc1. The van der Waals surface area contributed by atoms with Gasteiger partial charge in [0.15, 0.2) is 6.23 Å². The lowest BCUT2D eigenvalue weighted by molar-refractivity contribution is 0.0827. The van der Waals surface area contributed by atoms with Crippen LogP contribution in [0.4, 0.5) is 4.79 Å². The number of amides is 2. The van der Waals surface area contributed by atoms with E-state index >= 15 is 0 Å². The van der Waals surface area contributed by atoms with Crippen molar-refractivity contribution >= 4 is 6.03 Å². The van der Waals surface area contributed by atoms with Crippen molar-refractivity contribution in [2.24, 2.45) is 5.73 Å². The zero-order valence-corrected chi connectivity index (χ0v) is 7.36. The summed E-state index contributed by atoms with van der Waals surface area (Å²) in [6.07, 6.45) is -0.473. The summed E-state index contributed by atoms with van der Waals surface area (Å²) in [5, 5.41) is 2.46. The summed E-state index contributed by atoms with van der Waals surface area (Å²) in [6, 6.07) is 8.72. The van der Waals surface area contributed by atoms with Crippen LogP contribution in [0.25, 0.3) is 0 Å². The first-order valence-electron chi connectivity index (χ1n) is 3.87. The number of nitrogens with one attached hydrogen (secondary N) is 1. The average Bonchev–Trinajstić information content (AvgIpc) is 2.15. The van der Waals surface area contributed by atoms with E-state index in [4.69, 9.17) is 10.5 Å². The van der Waals surface area contributed by atoms with E-state index in [0.717, 1.165) is 5.56 Å². The van der Waals surface area contributed by atoms with Crippen molar-refractivity contribution in [3.63, 3.8) is 0 Å². The third-order valence-corrected chi connectivity index (χ3v) is 1.61. The molecule has 1 aromatic carbocycles. The highest BCUT2D eigenvalue weighted by molar-refractivity contribution is 5.72. The zero-order valence-electron chi connectivity index (χ0n) is 7.36. The highest BCUT2D eigenvalue weighted by Crippen LogP contribution is 2.11. The van der Waals surface area contributed by atoms with E-state index in [1.54, 1.807) is 0 Å². The van der Waals surface area contributed by atoms with E-state index in [-0.39, 0.29) is 0 Å². The number of carbonyl (C=O) groups is 1. The Morgan fingerprint density at radius 2 is 2.08 bits per heavy atom. The molecule has 1 unspecified atom stereocenters. The maximum atomic E-state index is 10.6. The second-order valence-electron chi connectivity index (χ2n) is 2.54. The Balaban J connectivity index is 2.73. The quantitative estimate of drug-likeness (QED) is 0.681. The van der Waals surface area contributed by atoms with Gasteiger partial charge < -0.3 is 15.8 Å². The van der Waals surface area contributed by atoms with Crippen LogP contribution in [0.15, 0.2) is 30.3 Å². The molecule has 0 saturated heterocycles. The van der Waals surface area contributed by atoms with Crippen LogP contribution in [0.1, 0.15) is 11.8 Å². The number of urea groups is 1.